The molecule has 0 aliphatic rings. The third-order valence-electron chi connectivity index (χ3n) is 12.5. The standard InChI is InChI=1S/C58H35NS3/c1-2-10-36(11-3-1)37-20-25-41(26-21-37)59(42-27-22-39(23-28-42)45-16-8-13-38-12-4-5-14-44(38)45)43-29-32-54-51(35-43)50-34-40(24-31-53(50)60-54)46-17-9-18-47-48-30-33-55-56(58(48)62-57(46)47)49-15-6-7-19-52(49)61-55/h1-35H. The molecule has 0 radical (unpaired) electrons. The van der Waals surface area contributed by atoms with Crippen molar-refractivity contribution >= 4 is 122 Å². The highest BCUT2D eigenvalue weighted by atomic mass is 32.1. The molecule has 3 heterocycles. The first-order valence-corrected chi connectivity index (χ1v) is 23.4. The zero-order valence-corrected chi connectivity index (χ0v) is 35.8. The molecule has 0 atom stereocenters. The van der Waals surface area contributed by atoms with Gasteiger partial charge in [-0.1, -0.05) is 146 Å². The van der Waals surface area contributed by atoms with Crippen molar-refractivity contribution in [1.29, 1.82) is 0 Å². The average Bonchev–Trinajstić information content (AvgIpc) is 4.03. The van der Waals surface area contributed by atoms with Crippen LogP contribution in [-0.2, 0) is 0 Å². The fourth-order valence-electron chi connectivity index (χ4n) is 9.51. The van der Waals surface area contributed by atoms with Gasteiger partial charge in [0.25, 0.3) is 0 Å². The minimum absolute atomic E-state index is 1.12. The topological polar surface area (TPSA) is 3.24 Å². The molecule has 0 saturated carbocycles. The quantitative estimate of drug-likeness (QED) is 0.161. The SMILES string of the molecule is c1ccc(-c2ccc(N(c3ccc(-c4cccc5ccccc45)cc3)c3ccc4sc5ccc(-c6cccc7c6sc6c7ccc7sc8ccccc8c76)cc5c4c3)cc2)cc1. The molecule has 10 aromatic carbocycles. The van der Waals surface area contributed by atoms with E-state index in [1.807, 2.05) is 34.0 Å². The average molecular weight is 842 g/mol. The summed E-state index contributed by atoms with van der Waals surface area (Å²) in [4.78, 5) is 2.40. The number of benzene rings is 10. The van der Waals surface area contributed by atoms with Gasteiger partial charge in [0.15, 0.2) is 0 Å². The Hall–Kier alpha value is -7.08. The molecular weight excluding hydrogens is 807 g/mol. The number of hydrogen-bond acceptors (Lipinski definition) is 4. The molecule has 13 rings (SSSR count). The van der Waals surface area contributed by atoms with E-state index in [2.05, 4.69) is 217 Å². The van der Waals surface area contributed by atoms with Crippen LogP contribution in [-0.4, -0.2) is 0 Å². The van der Waals surface area contributed by atoms with Crippen LogP contribution in [0.1, 0.15) is 0 Å². The molecule has 0 amide bonds. The van der Waals surface area contributed by atoms with Crippen molar-refractivity contribution in [2.75, 3.05) is 4.90 Å². The molecule has 0 bridgehead atoms. The molecule has 0 unspecified atom stereocenters. The molecule has 4 heteroatoms. The van der Waals surface area contributed by atoms with Gasteiger partial charge >= 0.3 is 0 Å². The first-order chi connectivity index (χ1) is 30.7. The van der Waals surface area contributed by atoms with Crippen LogP contribution < -0.4 is 4.90 Å². The fraction of sp³-hybridized carbons (Fsp3) is 0. The van der Waals surface area contributed by atoms with E-state index >= 15 is 0 Å². The summed E-state index contributed by atoms with van der Waals surface area (Å²) in [5.74, 6) is 0. The second-order valence-electron chi connectivity index (χ2n) is 16.0. The zero-order valence-electron chi connectivity index (χ0n) is 33.4. The molecule has 0 spiro atoms. The second-order valence-corrected chi connectivity index (χ2v) is 19.2. The molecule has 3 aromatic heterocycles. The van der Waals surface area contributed by atoms with Crippen molar-refractivity contribution in [3.8, 4) is 33.4 Å². The van der Waals surface area contributed by atoms with Gasteiger partial charge in [-0.3, -0.25) is 0 Å². The highest BCUT2D eigenvalue weighted by Gasteiger charge is 2.19. The Kier molecular flexibility index (Phi) is 8.20. The lowest BCUT2D eigenvalue weighted by atomic mass is 9.98. The van der Waals surface area contributed by atoms with E-state index in [9.17, 15) is 0 Å². The zero-order chi connectivity index (χ0) is 40.7. The molecule has 0 aliphatic heterocycles. The number of rotatable bonds is 6. The molecule has 0 N–H and O–H groups in total. The number of thiophene rings is 3. The van der Waals surface area contributed by atoms with E-state index in [1.165, 1.54) is 105 Å². The van der Waals surface area contributed by atoms with Crippen LogP contribution in [0.5, 0.6) is 0 Å². The van der Waals surface area contributed by atoms with Gasteiger partial charge in [0.1, 0.15) is 0 Å². The van der Waals surface area contributed by atoms with Gasteiger partial charge in [-0.2, -0.15) is 0 Å². The van der Waals surface area contributed by atoms with Gasteiger partial charge in [0, 0.05) is 77.6 Å². The summed E-state index contributed by atoms with van der Waals surface area (Å²) in [7, 11) is 0. The Bertz CT molecular complexity index is 3850. The second kappa shape index (κ2) is 14.3. The summed E-state index contributed by atoms with van der Waals surface area (Å²) in [6.07, 6.45) is 0. The van der Waals surface area contributed by atoms with Crippen LogP contribution in [0.4, 0.5) is 17.1 Å². The Labute approximate surface area is 370 Å². The van der Waals surface area contributed by atoms with Crippen LogP contribution in [0.15, 0.2) is 212 Å². The first-order valence-electron chi connectivity index (χ1n) is 21.0. The molecule has 0 fully saturated rings. The van der Waals surface area contributed by atoms with Gasteiger partial charge in [0.05, 0.1) is 0 Å². The van der Waals surface area contributed by atoms with E-state index in [1.54, 1.807) is 0 Å². The summed E-state index contributed by atoms with van der Waals surface area (Å²) < 4.78 is 8.03. The van der Waals surface area contributed by atoms with Gasteiger partial charge in [-0.05, 0) is 111 Å². The van der Waals surface area contributed by atoms with Crippen molar-refractivity contribution in [1.82, 2.24) is 0 Å². The molecule has 0 saturated heterocycles. The summed E-state index contributed by atoms with van der Waals surface area (Å²) in [6.45, 7) is 0. The lowest BCUT2D eigenvalue weighted by molar-refractivity contribution is 1.29. The summed E-state index contributed by atoms with van der Waals surface area (Å²) >= 11 is 5.71. The number of anilines is 3. The van der Waals surface area contributed by atoms with Crippen LogP contribution in [0, 0.1) is 0 Å². The van der Waals surface area contributed by atoms with E-state index in [0.29, 0.717) is 0 Å². The van der Waals surface area contributed by atoms with Gasteiger partial charge in [-0.25, -0.2) is 0 Å². The summed E-state index contributed by atoms with van der Waals surface area (Å²) in [5.41, 5.74) is 10.8. The van der Waals surface area contributed by atoms with Gasteiger partial charge in [-0.15, -0.1) is 34.0 Å². The van der Waals surface area contributed by atoms with Crippen molar-refractivity contribution in [2.24, 2.45) is 0 Å². The van der Waals surface area contributed by atoms with Crippen LogP contribution in [0.2, 0.25) is 0 Å². The highest BCUT2D eigenvalue weighted by Crippen LogP contribution is 2.48. The Balaban J connectivity index is 0.947. The predicted octanol–water partition coefficient (Wildman–Crippen LogP) is 18.4. The number of fused-ring (bicyclic) bond motifs is 11. The van der Waals surface area contributed by atoms with Crippen molar-refractivity contribution in [2.45, 2.75) is 0 Å². The lowest BCUT2D eigenvalue weighted by Crippen LogP contribution is -2.09. The van der Waals surface area contributed by atoms with E-state index < -0.39 is 0 Å². The van der Waals surface area contributed by atoms with E-state index in [-0.39, 0.29) is 0 Å². The first kappa shape index (κ1) is 35.7. The van der Waals surface area contributed by atoms with Gasteiger partial charge < -0.3 is 4.90 Å². The third-order valence-corrected chi connectivity index (χ3v) is 16.0. The molecule has 13 aromatic rings. The molecule has 0 aliphatic carbocycles. The smallest absolute Gasteiger partial charge is 0.0468 e. The van der Waals surface area contributed by atoms with Crippen LogP contribution >= 0.6 is 34.0 Å². The molecule has 1 nitrogen and oxygen atoms in total. The van der Waals surface area contributed by atoms with Crippen molar-refractivity contribution in [3.05, 3.63) is 212 Å². The maximum atomic E-state index is 2.44. The maximum absolute atomic E-state index is 2.44. The molecular formula is C58H35NS3. The summed E-state index contributed by atoms with van der Waals surface area (Å²) in [6, 6.07) is 78.4. The van der Waals surface area contributed by atoms with E-state index in [0.717, 1.165) is 17.1 Å². The predicted molar refractivity (Wildman–Crippen MR) is 274 cm³/mol. The Morgan fingerprint density at radius 2 is 0.823 bits per heavy atom. The van der Waals surface area contributed by atoms with Crippen molar-refractivity contribution in [3.63, 3.8) is 0 Å². The molecule has 62 heavy (non-hydrogen) atoms. The van der Waals surface area contributed by atoms with Crippen LogP contribution in [0.25, 0.3) is 105 Å². The van der Waals surface area contributed by atoms with Gasteiger partial charge in [0.2, 0.25) is 0 Å². The number of nitrogens with zero attached hydrogens (tertiary/aromatic N) is 1. The highest BCUT2D eigenvalue weighted by molar-refractivity contribution is 7.30. The Morgan fingerprint density at radius 1 is 0.274 bits per heavy atom. The summed E-state index contributed by atoms with van der Waals surface area (Å²) in [5, 5.41) is 10.5. The normalized spacial score (nSPS) is 11.9. The van der Waals surface area contributed by atoms with E-state index in [4.69, 9.17) is 0 Å². The molecule has 290 valence electrons. The monoisotopic (exact) mass is 841 g/mol. The number of hydrogen-bond donors (Lipinski definition) is 0. The maximum Gasteiger partial charge on any atom is 0.0468 e. The minimum atomic E-state index is 1.12. The lowest BCUT2D eigenvalue weighted by Gasteiger charge is -2.26. The Morgan fingerprint density at radius 3 is 1.66 bits per heavy atom. The third kappa shape index (κ3) is 5.72. The largest absolute Gasteiger partial charge is 0.310 e. The minimum Gasteiger partial charge on any atom is -0.310 e. The fourth-order valence-corrected chi connectivity index (χ4v) is 13.2. The van der Waals surface area contributed by atoms with Crippen LogP contribution in [0.3, 0.4) is 0 Å². The van der Waals surface area contributed by atoms with Crippen molar-refractivity contribution < 1.29 is 0 Å².